The van der Waals surface area contributed by atoms with E-state index >= 15 is 0 Å². The van der Waals surface area contributed by atoms with Crippen molar-refractivity contribution < 1.29 is 44.1 Å². The first-order valence-corrected chi connectivity index (χ1v) is 7.42. The smallest absolute Gasteiger partial charge is 0.325 e. The van der Waals surface area contributed by atoms with E-state index in [9.17, 15) is 18.9 Å². The van der Waals surface area contributed by atoms with E-state index in [-0.39, 0.29) is 12.8 Å². The van der Waals surface area contributed by atoms with Gasteiger partial charge in [0.15, 0.2) is 0 Å². The summed E-state index contributed by atoms with van der Waals surface area (Å²) in [5.41, 5.74) is -1.92. The first-order chi connectivity index (χ1) is 8.90. The van der Waals surface area contributed by atoms with Crippen LogP contribution in [-0.2, 0) is 18.9 Å². The number of carboxylic acids is 3. The minimum Gasteiger partial charge on any atom is -0.481 e. The average Bonchev–Trinajstić information content (AvgIpc) is 2.22. The molecular formula is C10H17O9P. The molecule has 0 bridgehead atoms. The molecule has 0 aliphatic rings. The van der Waals surface area contributed by atoms with Crippen molar-refractivity contribution in [3.05, 3.63) is 0 Å². The summed E-state index contributed by atoms with van der Waals surface area (Å²) < 4.78 is 10.7. The van der Waals surface area contributed by atoms with Gasteiger partial charge in [0, 0.05) is 6.16 Å². The normalized spacial score (nSPS) is 16.1. The van der Waals surface area contributed by atoms with Gasteiger partial charge in [-0.2, -0.15) is 0 Å². The quantitative estimate of drug-likeness (QED) is 0.373. The molecule has 0 heterocycles. The maximum Gasteiger partial charge on any atom is 0.325 e. The number of rotatable bonds is 9. The Morgan fingerprint density at radius 2 is 1.65 bits per heavy atom. The Bertz CT molecular complexity index is 440. The van der Waals surface area contributed by atoms with Crippen molar-refractivity contribution in [2.24, 2.45) is 11.3 Å². The van der Waals surface area contributed by atoms with Crippen LogP contribution in [0.4, 0.5) is 0 Å². The zero-order valence-electron chi connectivity index (χ0n) is 10.7. The highest BCUT2D eigenvalue weighted by Gasteiger charge is 2.46. The average molecular weight is 312 g/mol. The standard InChI is InChI=1S/C10H17O9P/c1-10(9(15)16,3-2-4-20(17,18)19)6(8(13)14)5-7(11)12/h6H,2-5H2,1H3,(H,11,12)(H,13,14)(H,15,16)(H2,17,18,19). The van der Waals surface area contributed by atoms with Gasteiger partial charge in [0.1, 0.15) is 0 Å². The fourth-order valence-electron chi connectivity index (χ4n) is 1.84. The molecule has 0 fully saturated rings. The van der Waals surface area contributed by atoms with Crippen molar-refractivity contribution >= 4 is 25.5 Å². The third-order valence-corrected chi connectivity index (χ3v) is 3.98. The van der Waals surface area contributed by atoms with Crippen LogP contribution in [0.2, 0.25) is 0 Å². The molecule has 0 radical (unpaired) electrons. The van der Waals surface area contributed by atoms with E-state index in [0.717, 1.165) is 6.92 Å². The van der Waals surface area contributed by atoms with Gasteiger partial charge in [-0.3, -0.25) is 18.9 Å². The molecule has 0 saturated carbocycles. The second kappa shape index (κ2) is 6.83. The van der Waals surface area contributed by atoms with E-state index < -0.39 is 49.4 Å². The molecule has 0 aliphatic heterocycles. The van der Waals surface area contributed by atoms with Crippen molar-refractivity contribution in [2.75, 3.05) is 6.16 Å². The van der Waals surface area contributed by atoms with Crippen LogP contribution < -0.4 is 0 Å². The molecule has 0 amide bonds. The van der Waals surface area contributed by atoms with Crippen LogP contribution in [0.3, 0.4) is 0 Å². The lowest BCUT2D eigenvalue weighted by atomic mass is 9.72. The highest BCUT2D eigenvalue weighted by atomic mass is 31.2. The number of hydrogen-bond donors (Lipinski definition) is 5. The summed E-state index contributed by atoms with van der Waals surface area (Å²) in [6, 6.07) is 0. The summed E-state index contributed by atoms with van der Waals surface area (Å²) in [4.78, 5) is 50.4. The van der Waals surface area contributed by atoms with E-state index in [4.69, 9.17) is 25.1 Å². The number of aliphatic carboxylic acids is 3. The summed E-state index contributed by atoms with van der Waals surface area (Å²) in [5.74, 6) is -6.24. The van der Waals surface area contributed by atoms with Gasteiger partial charge in [-0.15, -0.1) is 0 Å². The van der Waals surface area contributed by atoms with E-state index in [1.54, 1.807) is 0 Å². The molecule has 0 aromatic rings. The maximum absolute atomic E-state index is 11.3. The summed E-state index contributed by atoms with van der Waals surface area (Å²) in [7, 11) is -4.32. The third-order valence-electron chi connectivity index (χ3n) is 3.08. The fraction of sp³-hybridized carbons (Fsp3) is 0.700. The SMILES string of the molecule is CC(CCCP(=O)(O)O)(C(=O)O)C(CC(=O)O)C(=O)O. The molecule has 2 unspecified atom stereocenters. The van der Waals surface area contributed by atoms with Crippen molar-refractivity contribution in [1.82, 2.24) is 0 Å². The lowest BCUT2D eigenvalue weighted by Crippen LogP contribution is -2.41. The Hall–Kier alpha value is -1.44. The highest BCUT2D eigenvalue weighted by Crippen LogP contribution is 2.40. The molecule has 20 heavy (non-hydrogen) atoms. The molecule has 9 nitrogen and oxygen atoms in total. The Morgan fingerprint density at radius 1 is 1.15 bits per heavy atom. The Labute approximate surface area is 114 Å². The number of carboxylic acid groups (broad SMARTS) is 3. The van der Waals surface area contributed by atoms with Crippen LogP contribution in [0.5, 0.6) is 0 Å². The van der Waals surface area contributed by atoms with Gasteiger partial charge in [0.25, 0.3) is 0 Å². The van der Waals surface area contributed by atoms with Gasteiger partial charge in [0.2, 0.25) is 0 Å². The molecule has 10 heteroatoms. The second-order valence-electron chi connectivity index (χ2n) is 4.70. The summed E-state index contributed by atoms with van der Waals surface area (Å²) >= 11 is 0. The van der Waals surface area contributed by atoms with Crippen molar-refractivity contribution in [1.29, 1.82) is 0 Å². The summed E-state index contributed by atoms with van der Waals surface area (Å²) in [6.45, 7) is 1.07. The second-order valence-corrected chi connectivity index (χ2v) is 6.48. The van der Waals surface area contributed by atoms with Gasteiger partial charge in [-0.05, 0) is 19.8 Å². The largest absolute Gasteiger partial charge is 0.481 e. The molecule has 2 atom stereocenters. The lowest BCUT2D eigenvalue weighted by molar-refractivity contribution is -0.164. The van der Waals surface area contributed by atoms with Crippen molar-refractivity contribution in [2.45, 2.75) is 26.2 Å². The van der Waals surface area contributed by atoms with E-state index in [0.29, 0.717) is 0 Å². The minimum absolute atomic E-state index is 0.226. The fourth-order valence-corrected chi connectivity index (χ4v) is 2.41. The summed E-state index contributed by atoms with van der Waals surface area (Å²) in [6.07, 6.45) is -2.04. The van der Waals surface area contributed by atoms with Crippen LogP contribution in [0.1, 0.15) is 26.2 Å². The predicted molar refractivity (Wildman–Crippen MR) is 65.3 cm³/mol. The Balaban J connectivity index is 5.14. The highest BCUT2D eigenvalue weighted by molar-refractivity contribution is 7.51. The first kappa shape index (κ1) is 18.6. The molecule has 0 aliphatic carbocycles. The van der Waals surface area contributed by atoms with Gasteiger partial charge in [-0.25, -0.2) is 0 Å². The topological polar surface area (TPSA) is 169 Å². The predicted octanol–water partition coefficient (Wildman–Crippen LogP) is 0.211. The van der Waals surface area contributed by atoms with Crippen LogP contribution in [0.15, 0.2) is 0 Å². The van der Waals surface area contributed by atoms with Gasteiger partial charge in [0.05, 0.1) is 17.8 Å². The molecule has 0 aromatic heterocycles. The molecule has 0 aromatic carbocycles. The zero-order chi connectivity index (χ0) is 16.1. The molecule has 0 saturated heterocycles. The number of hydrogen-bond acceptors (Lipinski definition) is 4. The van der Waals surface area contributed by atoms with Gasteiger partial charge in [-0.1, -0.05) is 0 Å². The molecule has 5 N–H and O–H groups in total. The molecule has 116 valence electrons. The van der Waals surface area contributed by atoms with E-state index in [1.807, 2.05) is 0 Å². The minimum atomic E-state index is -4.32. The van der Waals surface area contributed by atoms with Crippen molar-refractivity contribution in [3.8, 4) is 0 Å². The van der Waals surface area contributed by atoms with Crippen LogP contribution >= 0.6 is 7.60 Å². The van der Waals surface area contributed by atoms with Gasteiger partial charge >= 0.3 is 25.5 Å². The molecule has 0 spiro atoms. The lowest BCUT2D eigenvalue weighted by Gasteiger charge is -2.30. The first-order valence-electron chi connectivity index (χ1n) is 5.62. The van der Waals surface area contributed by atoms with Gasteiger partial charge < -0.3 is 25.1 Å². The van der Waals surface area contributed by atoms with E-state index in [2.05, 4.69) is 0 Å². The van der Waals surface area contributed by atoms with Crippen LogP contribution in [0.25, 0.3) is 0 Å². The van der Waals surface area contributed by atoms with Crippen LogP contribution in [-0.4, -0.2) is 49.2 Å². The number of carbonyl (C=O) groups is 3. The van der Waals surface area contributed by atoms with E-state index in [1.165, 1.54) is 0 Å². The monoisotopic (exact) mass is 312 g/mol. The zero-order valence-corrected chi connectivity index (χ0v) is 11.6. The summed E-state index contributed by atoms with van der Waals surface area (Å²) in [5, 5.41) is 26.8. The third kappa shape index (κ3) is 5.68. The Kier molecular flexibility index (Phi) is 6.33. The van der Waals surface area contributed by atoms with Crippen LogP contribution in [0, 0.1) is 11.3 Å². The van der Waals surface area contributed by atoms with Crippen molar-refractivity contribution in [3.63, 3.8) is 0 Å². The molecular weight excluding hydrogens is 295 g/mol. The Morgan fingerprint density at radius 3 is 1.95 bits per heavy atom. The molecule has 0 rings (SSSR count). The maximum atomic E-state index is 11.3.